The van der Waals surface area contributed by atoms with Gasteiger partial charge in [-0.25, -0.2) is 0 Å². The van der Waals surface area contributed by atoms with E-state index in [4.69, 9.17) is 9.47 Å². The van der Waals surface area contributed by atoms with Gasteiger partial charge in [-0.05, 0) is 70.0 Å². The predicted octanol–water partition coefficient (Wildman–Crippen LogP) is 4.58. The zero-order valence-electron chi connectivity index (χ0n) is 14.1. The molecule has 1 aromatic heterocycles. The van der Waals surface area contributed by atoms with Crippen LogP contribution in [-0.4, -0.2) is 18.0 Å². The van der Waals surface area contributed by atoms with Crippen molar-refractivity contribution in [1.82, 2.24) is 10.3 Å². The second-order valence-corrected chi connectivity index (χ2v) is 6.32. The van der Waals surface area contributed by atoms with Crippen LogP contribution in [0.3, 0.4) is 0 Å². The topological polar surface area (TPSA) is 60.5 Å². The number of halogens is 1. The Labute approximate surface area is 160 Å². The minimum Gasteiger partial charge on any atom is -0.496 e. The van der Waals surface area contributed by atoms with Gasteiger partial charge < -0.3 is 14.8 Å². The number of hydrogen-bond donors (Lipinski definition) is 1. The number of rotatable bonds is 6. The molecule has 0 radical (unpaired) electrons. The quantitative estimate of drug-likeness (QED) is 0.643. The number of amides is 1. The van der Waals surface area contributed by atoms with Crippen molar-refractivity contribution in [3.05, 3.63) is 82.6 Å². The van der Waals surface area contributed by atoms with E-state index in [1.807, 2.05) is 24.3 Å². The molecule has 0 spiro atoms. The summed E-state index contributed by atoms with van der Waals surface area (Å²) in [5.74, 6) is 1.90. The number of hydrogen-bond acceptors (Lipinski definition) is 4. The molecular weight excluding hydrogens is 396 g/mol. The smallest absolute Gasteiger partial charge is 0.251 e. The molecule has 5 nitrogen and oxygen atoms in total. The Morgan fingerprint density at radius 1 is 1.12 bits per heavy atom. The Morgan fingerprint density at radius 3 is 2.58 bits per heavy atom. The number of carbonyl (C=O) groups excluding carboxylic acids is 1. The fourth-order valence-electron chi connectivity index (χ4n) is 2.32. The van der Waals surface area contributed by atoms with Crippen LogP contribution in [0.25, 0.3) is 0 Å². The molecule has 132 valence electrons. The molecular formula is C20H17BrN2O3. The van der Waals surface area contributed by atoms with Crippen LogP contribution in [0.15, 0.2) is 71.5 Å². The van der Waals surface area contributed by atoms with Crippen molar-refractivity contribution in [1.29, 1.82) is 0 Å². The number of benzene rings is 2. The fraction of sp³-hybridized carbons (Fsp3) is 0.100. The summed E-state index contributed by atoms with van der Waals surface area (Å²) >= 11 is 3.44. The molecule has 0 atom stereocenters. The molecule has 6 heteroatoms. The number of nitrogens with zero attached hydrogens (tertiary/aromatic N) is 1. The summed E-state index contributed by atoms with van der Waals surface area (Å²) in [6.07, 6.45) is 3.31. The first-order chi connectivity index (χ1) is 12.7. The number of pyridine rings is 1. The van der Waals surface area contributed by atoms with Gasteiger partial charge in [0.15, 0.2) is 0 Å². The Hall–Kier alpha value is -2.86. The summed E-state index contributed by atoms with van der Waals surface area (Å²) in [7, 11) is 1.61. The molecule has 3 aromatic rings. The van der Waals surface area contributed by atoms with Crippen LogP contribution in [0.5, 0.6) is 17.2 Å². The minimum atomic E-state index is -0.148. The molecule has 26 heavy (non-hydrogen) atoms. The average molecular weight is 413 g/mol. The summed E-state index contributed by atoms with van der Waals surface area (Å²) in [5, 5.41) is 2.90. The van der Waals surface area contributed by atoms with Gasteiger partial charge in [-0.2, -0.15) is 0 Å². The molecule has 0 saturated heterocycles. The number of carbonyl (C=O) groups is 1. The molecule has 1 N–H and O–H groups in total. The molecule has 0 aliphatic rings. The van der Waals surface area contributed by atoms with Crippen molar-refractivity contribution in [2.45, 2.75) is 6.54 Å². The highest BCUT2D eigenvalue weighted by Crippen LogP contribution is 2.25. The first-order valence-electron chi connectivity index (χ1n) is 7.94. The Balaban J connectivity index is 1.58. The second-order valence-electron chi connectivity index (χ2n) is 5.47. The fourth-order valence-corrected chi connectivity index (χ4v) is 2.91. The molecule has 2 aromatic carbocycles. The van der Waals surface area contributed by atoms with E-state index >= 15 is 0 Å². The van der Waals surface area contributed by atoms with Gasteiger partial charge in [0.05, 0.1) is 17.8 Å². The summed E-state index contributed by atoms with van der Waals surface area (Å²) in [5.41, 5.74) is 1.54. The van der Waals surface area contributed by atoms with E-state index in [2.05, 4.69) is 26.2 Å². The van der Waals surface area contributed by atoms with Crippen molar-refractivity contribution < 1.29 is 14.3 Å². The van der Waals surface area contributed by atoms with E-state index in [-0.39, 0.29) is 5.91 Å². The van der Waals surface area contributed by atoms with Gasteiger partial charge in [-0.1, -0.05) is 6.07 Å². The maximum absolute atomic E-state index is 12.3. The van der Waals surface area contributed by atoms with Gasteiger partial charge >= 0.3 is 0 Å². The minimum absolute atomic E-state index is 0.148. The highest BCUT2D eigenvalue weighted by atomic mass is 79.9. The highest BCUT2D eigenvalue weighted by Gasteiger charge is 2.07. The van der Waals surface area contributed by atoms with E-state index in [9.17, 15) is 4.79 Å². The van der Waals surface area contributed by atoms with E-state index < -0.39 is 0 Å². The molecule has 0 aliphatic carbocycles. The SMILES string of the molecule is COc1ccc(CNC(=O)c2ccc(Oc3cccnc3)cc2)cc1Br. The lowest BCUT2D eigenvalue weighted by molar-refractivity contribution is 0.0951. The first kappa shape index (κ1) is 17.9. The zero-order chi connectivity index (χ0) is 18.4. The van der Waals surface area contributed by atoms with Gasteiger partial charge in [0.2, 0.25) is 0 Å². The summed E-state index contributed by atoms with van der Waals surface area (Å²) in [6.45, 7) is 0.426. The van der Waals surface area contributed by atoms with Crippen molar-refractivity contribution in [2.24, 2.45) is 0 Å². The third-order valence-electron chi connectivity index (χ3n) is 3.66. The number of aromatic nitrogens is 1. The van der Waals surface area contributed by atoms with Crippen LogP contribution in [0, 0.1) is 0 Å². The lowest BCUT2D eigenvalue weighted by Crippen LogP contribution is -2.22. The summed E-state index contributed by atoms with van der Waals surface area (Å²) in [6, 6.07) is 16.3. The van der Waals surface area contributed by atoms with Crippen LogP contribution < -0.4 is 14.8 Å². The highest BCUT2D eigenvalue weighted by molar-refractivity contribution is 9.10. The van der Waals surface area contributed by atoms with Crippen molar-refractivity contribution >= 4 is 21.8 Å². The normalized spacial score (nSPS) is 10.2. The van der Waals surface area contributed by atoms with Gasteiger partial charge in [0, 0.05) is 18.3 Å². The van der Waals surface area contributed by atoms with Gasteiger partial charge in [-0.15, -0.1) is 0 Å². The first-order valence-corrected chi connectivity index (χ1v) is 8.73. The largest absolute Gasteiger partial charge is 0.496 e. The monoisotopic (exact) mass is 412 g/mol. The summed E-state index contributed by atoms with van der Waals surface area (Å²) in [4.78, 5) is 16.3. The van der Waals surface area contributed by atoms with Crippen LogP contribution in [0.4, 0.5) is 0 Å². The lowest BCUT2D eigenvalue weighted by Gasteiger charge is -2.09. The van der Waals surface area contributed by atoms with Gasteiger partial charge in [0.25, 0.3) is 5.91 Å². The number of ether oxygens (including phenoxy) is 2. The number of nitrogens with one attached hydrogen (secondary N) is 1. The van der Waals surface area contributed by atoms with Crippen LogP contribution in [0.1, 0.15) is 15.9 Å². The molecule has 0 unspecified atom stereocenters. The van der Waals surface area contributed by atoms with Crippen LogP contribution in [0.2, 0.25) is 0 Å². The Morgan fingerprint density at radius 2 is 1.92 bits per heavy atom. The van der Waals surface area contributed by atoms with E-state index in [1.54, 1.807) is 49.8 Å². The van der Waals surface area contributed by atoms with E-state index in [0.29, 0.717) is 23.6 Å². The van der Waals surface area contributed by atoms with Crippen molar-refractivity contribution in [3.63, 3.8) is 0 Å². The molecule has 1 heterocycles. The number of methoxy groups -OCH3 is 1. The van der Waals surface area contributed by atoms with Crippen molar-refractivity contribution in [3.8, 4) is 17.2 Å². The molecule has 0 saturated carbocycles. The van der Waals surface area contributed by atoms with Crippen LogP contribution >= 0.6 is 15.9 Å². The van der Waals surface area contributed by atoms with Gasteiger partial charge in [0.1, 0.15) is 17.2 Å². The molecule has 0 fully saturated rings. The van der Waals surface area contributed by atoms with Crippen LogP contribution in [-0.2, 0) is 6.54 Å². The molecule has 0 aliphatic heterocycles. The van der Waals surface area contributed by atoms with Gasteiger partial charge in [-0.3, -0.25) is 9.78 Å². The second kappa shape index (κ2) is 8.49. The maximum atomic E-state index is 12.3. The average Bonchev–Trinajstić information content (AvgIpc) is 2.67. The predicted molar refractivity (Wildman–Crippen MR) is 103 cm³/mol. The van der Waals surface area contributed by atoms with Crippen molar-refractivity contribution in [2.75, 3.05) is 7.11 Å². The Bertz CT molecular complexity index is 883. The summed E-state index contributed by atoms with van der Waals surface area (Å²) < 4.78 is 11.7. The third kappa shape index (κ3) is 4.61. The maximum Gasteiger partial charge on any atom is 0.251 e. The molecule has 0 bridgehead atoms. The molecule has 3 rings (SSSR count). The van der Waals surface area contributed by atoms with E-state index in [1.165, 1.54) is 0 Å². The van der Waals surface area contributed by atoms with E-state index in [0.717, 1.165) is 15.8 Å². The Kier molecular flexibility index (Phi) is 5.86. The third-order valence-corrected chi connectivity index (χ3v) is 4.28. The molecule has 1 amide bonds. The lowest BCUT2D eigenvalue weighted by atomic mass is 10.2. The standard InChI is InChI=1S/C20H17BrN2O3/c1-25-19-9-4-14(11-18(19)21)12-23-20(24)15-5-7-16(8-6-15)26-17-3-2-10-22-13-17/h2-11,13H,12H2,1H3,(H,23,24). The zero-order valence-corrected chi connectivity index (χ0v) is 15.7.